The van der Waals surface area contributed by atoms with Gasteiger partial charge < -0.3 is 15.4 Å². The van der Waals surface area contributed by atoms with E-state index < -0.39 is 0 Å². The van der Waals surface area contributed by atoms with Crippen molar-refractivity contribution in [2.75, 3.05) is 11.9 Å². The summed E-state index contributed by atoms with van der Waals surface area (Å²) in [5.41, 5.74) is 2.91. The van der Waals surface area contributed by atoms with Crippen LogP contribution in [-0.2, 0) is 10.2 Å². The Morgan fingerprint density at radius 1 is 0.970 bits per heavy atom. The smallest absolute Gasteiger partial charge is 0.262 e. The average Bonchev–Trinajstić information content (AvgIpc) is 2.78. The number of benzene rings is 3. The van der Waals surface area contributed by atoms with E-state index in [0.29, 0.717) is 17.0 Å². The Labute approximate surface area is 203 Å². The molecule has 6 heteroatoms. The molecule has 0 radical (unpaired) electrons. The number of carbonyl (C=O) groups excluding carboxylic acids is 2. The van der Waals surface area contributed by atoms with Gasteiger partial charge in [0.2, 0.25) is 0 Å². The molecule has 0 spiro atoms. The Morgan fingerprint density at radius 3 is 2.39 bits per heavy atom. The van der Waals surface area contributed by atoms with Gasteiger partial charge in [-0.15, -0.1) is 0 Å². The monoisotopic (exact) mass is 508 g/mol. The molecular weight excluding hydrogens is 480 g/mol. The second kappa shape index (κ2) is 10.7. The Hall–Kier alpha value is -3.12. The van der Waals surface area contributed by atoms with Crippen LogP contribution in [0.15, 0.2) is 77.3 Å². The van der Waals surface area contributed by atoms with Crippen molar-refractivity contribution in [3.05, 3.63) is 94.0 Å². The van der Waals surface area contributed by atoms with Gasteiger partial charge in [0.15, 0.2) is 6.61 Å². The Balaban J connectivity index is 1.61. The molecule has 2 N–H and O–H groups in total. The minimum atomic E-state index is -0.298. The minimum Gasteiger partial charge on any atom is -0.483 e. The molecule has 1 atom stereocenters. The molecule has 0 fully saturated rings. The van der Waals surface area contributed by atoms with Crippen LogP contribution in [0.1, 0.15) is 55.2 Å². The first-order valence-corrected chi connectivity index (χ1v) is 11.6. The zero-order chi connectivity index (χ0) is 24.0. The first-order chi connectivity index (χ1) is 15.6. The van der Waals surface area contributed by atoms with Gasteiger partial charge in [-0.3, -0.25) is 9.59 Å². The number of hydrogen-bond donors (Lipinski definition) is 2. The van der Waals surface area contributed by atoms with E-state index in [1.165, 1.54) is 0 Å². The van der Waals surface area contributed by atoms with E-state index in [2.05, 4.69) is 47.3 Å². The van der Waals surface area contributed by atoms with Crippen molar-refractivity contribution in [1.82, 2.24) is 5.32 Å². The minimum absolute atomic E-state index is 0.131. The lowest BCUT2D eigenvalue weighted by Crippen LogP contribution is -2.27. The van der Waals surface area contributed by atoms with Crippen LogP contribution in [0.4, 0.5) is 5.69 Å². The molecule has 1 unspecified atom stereocenters. The van der Waals surface area contributed by atoms with Gasteiger partial charge in [-0.05, 0) is 54.3 Å². The number of carbonyl (C=O) groups is 2. The molecular formula is C27H29BrN2O3. The molecule has 5 nitrogen and oxygen atoms in total. The molecule has 2 amide bonds. The van der Waals surface area contributed by atoms with Crippen molar-refractivity contribution in [2.45, 2.75) is 39.2 Å². The molecule has 3 aromatic carbocycles. The lowest BCUT2D eigenvalue weighted by Gasteiger charge is -2.23. The predicted octanol–water partition coefficient (Wildman–Crippen LogP) is 6.26. The van der Waals surface area contributed by atoms with Crippen LogP contribution in [0, 0.1) is 0 Å². The van der Waals surface area contributed by atoms with Gasteiger partial charge in [0.1, 0.15) is 5.75 Å². The summed E-state index contributed by atoms with van der Waals surface area (Å²) in [5.74, 6) is 0.167. The average molecular weight is 509 g/mol. The highest BCUT2D eigenvalue weighted by atomic mass is 79.9. The van der Waals surface area contributed by atoms with Crippen LogP contribution in [0.3, 0.4) is 0 Å². The van der Waals surface area contributed by atoms with Gasteiger partial charge in [0.05, 0.1) is 6.04 Å². The quantitative estimate of drug-likeness (QED) is 0.396. The summed E-state index contributed by atoms with van der Waals surface area (Å²) in [6.45, 7) is 8.08. The summed E-state index contributed by atoms with van der Waals surface area (Å²) < 4.78 is 6.78. The van der Waals surface area contributed by atoms with Crippen molar-refractivity contribution in [3.8, 4) is 5.75 Å². The third-order valence-corrected chi connectivity index (χ3v) is 5.66. The zero-order valence-corrected chi connectivity index (χ0v) is 20.9. The highest BCUT2D eigenvalue weighted by Gasteiger charge is 2.20. The summed E-state index contributed by atoms with van der Waals surface area (Å²) >= 11 is 3.49. The van der Waals surface area contributed by atoms with Crippen molar-refractivity contribution in [1.29, 1.82) is 0 Å². The highest BCUT2D eigenvalue weighted by Crippen LogP contribution is 2.33. The number of amides is 2. The van der Waals surface area contributed by atoms with E-state index in [1.807, 2.05) is 55.5 Å². The second-order valence-corrected chi connectivity index (χ2v) is 9.83. The number of rotatable bonds is 7. The fourth-order valence-corrected chi connectivity index (χ4v) is 3.76. The van der Waals surface area contributed by atoms with Crippen LogP contribution in [0.2, 0.25) is 0 Å². The maximum absolute atomic E-state index is 12.7. The van der Waals surface area contributed by atoms with Crippen LogP contribution in [-0.4, -0.2) is 18.4 Å². The van der Waals surface area contributed by atoms with E-state index in [9.17, 15) is 9.59 Å². The number of halogens is 1. The van der Waals surface area contributed by atoms with Crippen LogP contribution < -0.4 is 15.4 Å². The molecule has 0 aliphatic carbocycles. The maximum Gasteiger partial charge on any atom is 0.262 e. The number of hydrogen-bond acceptors (Lipinski definition) is 3. The third kappa shape index (κ3) is 6.93. The van der Waals surface area contributed by atoms with Gasteiger partial charge in [0.25, 0.3) is 11.8 Å². The molecule has 0 bridgehead atoms. The molecule has 3 rings (SSSR count). The molecule has 3 aromatic rings. The molecule has 0 heterocycles. The fraction of sp³-hybridized carbons (Fsp3) is 0.259. The zero-order valence-electron chi connectivity index (χ0n) is 19.3. The summed E-state index contributed by atoms with van der Waals surface area (Å²) in [5, 5.41) is 5.79. The summed E-state index contributed by atoms with van der Waals surface area (Å²) in [6, 6.07) is 22.2. The van der Waals surface area contributed by atoms with E-state index >= 15 is 0 Å². The Morgan fingerprint density at radius 2 is 1.70 bits per heavy atom. The lowest BCUT2D eigenvalue weighted by molar-refractivity contribution is -0.118. The van der Waals surface area contributed by atoms with E-state index in [1.54, 1.807) is 24.3 Å². The van der Waals surface area contributed by atoms with Gasteiger partial charge in [0, 0.05) is 21.3 Å². The summed E-state index contributed by atoms with van der Waals surface area (Å²) in [4.78, 5) is 25.2. The van der Waals surface area contributed by atoms with Crippen molar-refractivity contribution >= 4 is 33.4 Å². The SMILES string of the molecule is CC(NC(=O)c1cccc(NC(=O)COc2ccc(Br)cc2C(C)(C)C)c1)c1ccccc1. The topological polar surface area (TPSA) is 67.4 Å². The fourth-order valence-electron chi connectivity index (χ4n) is 3.40. The van der Waals surface area contributed by atoms with Gasteiger partial charge in [-0.25, -0.2) is 0 Å². The largest absolute Gasteiger partial charge is 0.483 e. The summed E-state index contributed by atoms with van der Waals surface area (Å²) in [7, 11) is 0. The molecule has 33 heavy (non-hydrogen) atoms. The van der Waals surface area contributed by atoms with Crippen LogP contribution >= 0.6 is 15.9 Å². The maximum atomic E-state index is 12.7. The van der Waals surface area contributed by atoms with Gasteiger partial charge >= 0.3 is 0 Å². The van der Waals surface area contributed by atoms with E-state index in [0.717, 1.165) is 15.6 Å². The molecule has 0 aromatic heterocycles. The van der Waals surface area contributed by atoms with Crippen molar-refractivity contribution in [2.24, 2.45) is 0 Å². The van der Waals surface area contributed by atoms with Crippen molar-refractivity contribution < 1.29 is 14.3 Å². The van der Waals surface area contributed by atoms with Crippen LogP contribution in [0.5, 0.6) is 5.75 Å². The predicted molar refractivity (Wildman–Crippen MR) is 136 cm³/mol. The Bertz CT molecular complexity index is 1120. The van der Waals surface area contributed by atoms with E-state index in [4.69, 9.17) is 4.74 Å². The van der Waals surface area contributed by atoms with Crippen molar-refractivity contribution in [3.63, 3.8) is 0 Å². The van der Waals surface area contributed by atoms with Gasteiger partial charge in [-0.1, -0.05) is 73.1 Å². The van der Waals surface area contributed by atoms with Crippen LogP contribution in [0.25, 0.3) is 0 Å². The molecule has 0 aliphatic rings. The highest BCUT2D eigenvalue weighted by molar-refractivity contribution is 9.10. The standard InChI is InChI=1S/C27H29BrN2O3/c1-18(19-9-6-5-7-10-19)29-26(32)20-11-8-12-22(15-20)30-25(31)17-33-24-14-13-21(28)16-23(24)27(2,3)4/h5-16,18H,17H2,1-4H3,(H,29,32)(H,30,31). The van der Waals surface area contributed by atoms with Gasteiger partial charge in [-0.2, -0.15) is 0 Å². The van der Waals surface area contributed by atoms with E-state index in [-0.39, 0.29) is 29.9 Å². The number of nitrogens with one attached hydrogen (secondary N) is 2. The number of ether oxygens (including phenoxy) is 1. The lowest BCUT2D eigenvalue weighted by atomic mass is 9.86. The first kappa shape index (κ1) is 24.5. The third-order valence-electron chi connectivity index (χ3n) is 5.16. The molecule has 0 saturated carbocycles. The first-order valence-electron chi connectivity index (χ1n) is 10.8. The number of anilines is 1. The normalized spacial score (nSPS) is 12.0. The second-order valence-electron chi connectivity index (χ2n) is 8.91. The molecule has 0 aliphatic heterocycles. The molecule has 0 saturated heterocycles. The Kier molecular flexibility index (Phi) is 7.92. The summed E-state index contributed by atoms with van der Waals surface area (Å²) in [6.07, 6.45) is 0. The molecule has 172 valence electrons.